The van der Waals surface area contributed by atoms with Gasteiger partial charge in [0.05, 0.1) is 18.4 Å². The Morgan fingerprint density at radius 2 is 2.13 bits per heavy atom. The Balaban J connectivity index is 1.86. The number of nitrogens with one attached hydrogen (secondary N) is 1. The van der Waals surface area contributed by atoms with Crippen LogP contribution in [0.5, 0.6) is 0 Å². The van der Waals surface area contributed by atoms with Crippen LogP contribution < -0.4 is 5.32 Å². The lowest BCUT2D eigenvalue weighted by Gasteiger charge is -2.06. The summed E-state index contributed by atoms with van der Waals surface area (Å²) in [5.41, 5.74) is 2.15. The molecule has 7 heteroatoms. The number of hydrogen-bond acceptors (Lipinski definition) is 6. The molecule has 0 aliphatic carbocycles. The highest BCUT2D eigenvalue weighted by atomic mass is 16.5. The molecule has 0 bridgehead atoms. The van der Waals surface area contributed by atoms with E-state index in [-0.39, 0.29) is 0 Å². The summed E-state index contributed by atoms with van der Waals surface area (Å²) in [4.78, 5) is 19.9. The van der Waals surface area contributed by atoms with Gasteiger partial charge in [0.15, 0.2) is 0 Å². The normalized spacial score (nSPS) is 10.3. The summed E-state index contributed by atoms with van der Waals surface area (Å²) < 4.78 is 6.41. The smallest absolute Gasteiger partial charge is 0.338 e. The predicted molar refractivity (Wildman–Crippen MR) is 85.3 cm³/mol. The van der Waals surface area contributed by atoms with Gasteiger partial charge >= 0.3 is 5.97 Å². The number of aromatic nitrogens is 4. The van der Waals surface area contributed by atoms with Crippen molar-refractivity contribution in [2.75, 3.05) is 12.4 Å². The number of ether oxygens (including phenoxy) is 1. The van der Waals surface area contributed by atoms with Crippen LogP contribution in [-0.4, -0.2) is 32.8 Å². The van der Waals surface area contributed by atoms with E-state index in [1.807, 2.05) is 25.2 Å². The average Bonchev–Trinajstić information content (AvgIpc) is 2.96. The van der Waals surface area contributed by atoms with Crippen molar-refractivity contribution < 1.29 is 9.53 Å². The van der Waals surface area contributed by atoms with E-state index in [4.69, 9.17) is 4.74 Å². The minimum absolute atomic E-state index is 0.406. The first kappa shape index (κ1) is 14.7. The number of hydrogen-bond donors (Lipinski definition) is 1. The van der Waals surface area contributed by atoms with E-state index in [0.717, 1.165) is 17.1 Å². The molecular weight excluding hydrogens is 294 g/mol. The maximum atomic E-state index is 11.6. The number of carbonyl (C=O) groups is 1. The number of carbonyl (C=O) groups excluding carboxylic acids is 1. The molecule has 0 atom stereocenters. The minimum atomic E-state index is -0.406. The zero-order valence-electron chi connectivity index (χ0n) is 12.7. The van der Waals surface area contributed by atoms with Crippen LogP contribution in [0.1, 0.15) is 10.4 Å². The second-order valence-corrected chi connectivity index (χ2v) is 4.83. The zero-order valence-corrected chi connectivity index (χ0v) is 12.7. The number of aryl methyl sites for hydroxylation is 1. The van der Waals surface area contributed by atoms with E-state index in [9.17, 15) is 4.79 Å². The molecular formula is C16H15N5O2. The van der Waals surface area contributed by atoms with Gasteiger partial charge in [0.1, 0.15) is 11.6 Å². The monoisotopic (exact) mass is 309 g/mol. The zero-order chi connectivity index (χ0) is 16.2. The standard InChI is InChI=1S/C16H15N5O2/c1-21-15(9-13(20-21)12-4-3-6-17-10-12)19-14-8-11(5-7-18-14)16(22)23-2/h3-10H,1-2H3,(H,18,19). The third-order valence-electron chi connectivity index (χ3n) is 3.27. The van der Waals surface area contributed by atoms with Crippen molar-refractivity contribution in [1.82, 2.24) is 19.7 Å². The lowest BCUT2D eigenvalue weighted by Crippen LogP contribution is -2.04. The molecule has 0 amide bonds. The van der Waals surface area contributed by atoms with Gasteiger partial charge in [-0.05, 0) is 24.3 Å². The molecule has 3 aromatic rings. The van der Waals surface area contributed by atoms with Gasteiger partial charge in [-0.1, -0.05) is 0 Å². The molecule has 0 aliphatic heterocycles. The van der Waals surface area contributed by atoms with Crippen molar-refractivity contribution in [2.45, 2.75) is 0 Å². The predicted octanol–water partition coefficient (Wildman–Crippen LogP) is 2.41. The van der Waals surface area contributed by atoms with Crippen LogP contribution in [-0.2, 0) is 11.8 Å². The van der Waals surface area contributed by atoms with Crippen LogP contribution in [0.4, 0.5) is 11.6 Å². The highest BCUT2D eigenvalue weighted by Crippen LogP contribution is 2.22. The fourth-order valence-corrected chi connectivity index (χ4v) is 2.11. The fourth-order valence-electron chi connectivity index (χ4n) is 2.11. The SMILES string of the molecule is COC(=O)c1ccnc(Nc2cc(-c3cccnc3)nn2C)c1. The Bertz CT molecular complexity index is 829. The topological polar surface area (TPSA) is 81.9 Å². The van der Waals surface area contributed by atoms with E-state index in [1.165, 1.54) is 7.11 Å². The summed E-state index contributed by atoms with van der Waals surface area (Å²) in [6, 6.07) is 8.92. The molecule has 3 rings (SSSR count). The van der Waals surface area contributed by atoms with Crippen LogP contribution in [0.25, 0.3) is 11.3 Å². The van der Waals surface area contributed by atoms with Gasteiger partial charge in [-0.2, -0.15) is 5.10 Å². The average molecular weight is 309 g/mol. The summed E-state index contributed by atoms with van der Waals surface area (Å²) in [6.07, 6.45) is 5.02. The first-order valence-corrected chi connectivity index (χ1v) is 6.93. The molecule has 0 spiro atoms. The summed E-state index contributed by atoms with van der Waals surface area (Å²) in [5, 5.41) is 7.59. The Labute approximate surface area is 133 Å². The van der Waals surface area contributed by atoms with Crippen molar-refractivity contribution in [3.8, 4) is 11.3 Å². The second kappa shape index (κ2) is 6.27. The van der Waals surface area contributed by atoms with Gasteiger partial charge in [0.2, 0.25) is 0 Å². The van der Waals surface area contributed by atoms with Gasteiger partial charge in [-0.15, -0.1) is 0 Å². The number of anilines is 2. The Morgan fingerprint density at radius 1 is 1.26 bits per heavy atom. The maximum Gasteiger partial charge on any atom is 0.338 e. The first-order valence-electron chi connectivity index (χ1n) is 6.93. The number of methoxy groups -OCH3 is 1. The van der Waals surface area contributed by atoms with E-state index < -0.39 is 5.97 Å². The summed E-state index contributed by atoms with van der Waals surface area (Å²) in [7, 11) is 3.17. The molecule has 1 N–H and O–H groups in total. The lowest BCUT2D eigenvalue weighted by atomic mass is 10.2. The number of pyridine rings is 2. The second-order valence-electron chi connectivity index (χ2n) is 4.83. The van der Waals surface area contributed by atoms with Crippen molar-refractivity contribution in [2.24, 2.45) is 7.05 Å². The van der Waals surface area contributed by atoms with Crippen LogP contribution in [0.3, 0.4) is 0 Å². The highest BCUT2D eigenvalue weighted by Gasteiger charge is 2.10. The molecule has 0 saturated carbocycles. The highest BCUT2D eigenvalue weighted by molar-refractivity contribution is 5.90. The van der Waals surface area contributed by atoms with Gasteiger partial charge in [-0.25, -0.2) is 9.78 Å². The first-order chi connectivity index (χ1) is 11.2. The Morgan fingerprint density at radius 3 is 2.87 bits per heavy atom. The quantitative estimate of drug-likeness (QED) is 0.745. The van der Waals surface area contributed by atoms with Gasteiger partial charge in [-0.3, -0.25) is 9.67 Å². The van der Waals surface area contributed by atoms with Crippen LogP contribution >= 0.6 is 0 Å². The molecule has 23 heavy (non-hydrogen) atoms. The molecule has 0 fully saturated rings. The fraction of sp³-hybridized carbons (Fsp3) is 0.125. The van der Waals surface area contributed by atoms with Crippen molar-refractivity contribution in [3.05, 3.63) is 54.5 Å². The molecule has 0 aromatic carbocycles. The van der Waals surface area contributed by atoms with E-state index in [2.05, 4.69) is 20.4 Å². The Hall–Kier alpha value is -3.22. The van der Waals surface area contributed by atoms with Gasteiger partial charge in [0, 0.05) is 37.3 Å². The maximum absolute atomic E-state index is 11.6. The van der Waals surface area contributed by atoms with Crippen molar-refractivity contribution >= 4 is 17.6 Å². The molecule has 0 aliphatic rings. The van der Waals surface area contributed by atoms with Crippen molar-refractivity contribution in [3.63, 3.8) is 0 Å². The lowest BCUT2D eigenvalue weighted by molar-refractivity contribution is 0.0600. The van der Waals surface area contributed by atoms with Crippen LogP contribution in [0, 0.1) is 0 Å². The number of esters is 1. The van der Waals surface area contributed by atoms with Gasteiger partial charge in [0.25, 0.3) is 0 Å². The molecule has 3 heterocycles. The van der Waals surface area contributed by atoms with Gasteiger partial charge < -0.3 is 10.1 Å². The summed E-state index contributed by atoms with van der Waals surface area (Å²) in [5.74, 6) is 0.878. The largest absolute Gasteiger partial charge is 0.465 e. The van der Waals surface area contributed by atoms with E-state index in [0.29, 0.717) is 11.4 Å². The third kappa shape index (κ3) is 3.18. The molecule has 0 unspecified atom stereocenters. The minimum Gasteiger partial charge on any atom is -0.465 e. The molecule has 0 radical (unpaired) electrons. The van der Waals surface area contributed by atoms with Crippen molar-refractivity contribution in [1.29, 1.82) is 0 Å². The molecule has 7 nitrogen and oxygen atoms in total. The Kier molecular flexibility index (Phi) is 4.01. The molecule has 3 aromatic heterocycles. The number of nitrogens with zero attached hydrogens (tertiary/aromatic N) is 4. The van der Waals surface area contributed by atoms with E-state index in [1.54, 1.807) is 35.4 Å². The summed E-state index contributed by atoms with van der Waals surface area (Å²) in [6.45, 7) is 0. The van der Waals surface area contributed by atoms with Crippen LogP contribution in [0.15, 0.2) is 48.9 Å². The van der Waals surface area contributed by atoms with E-state index >= 15 is 0 Å². The molecule has 116 valence electrons. The number of rotatable bonds is 4. The van der Waals surface area contributed by atoms with Crippen LogP contribution in [0.2, 0.25) is 0 Å². The third-order valence-corrected chi connectivity index (χ3v) is 3.27. The molecule has 0 saturated heterocycles. The summed E-state index contributed by atoms with van der Waals surface area (Å²) >= 11 is 0.